The number of nitrogens with zero attached hydrogens (tertiary/aromatic N) is 2. The van der Waals surface area contributed by atoms with Gasteiger partial charge in [0, 0.05) is 0 Å². The molecule has 1 N–H and O–H groups in total. The summed E-state index contributed by atoms with van der Waals surface area (Å²) in [6, 6.07) is 0. The summed E-state index contributed by atoms with van der Waals surface area (Å²) in [5.41, 5.74) is -0.590. The highest BCUT2D eigenvalue weighted by Gasteiger charge is 2.18. The molecule has 1 rings (SSSR count). The van der Waals surface area contributed by atoms with Crippen molar-refractivity contribution in [1.29, 1.82) is 0 Å². The second-order valence-electron chi connectivity index (χ2n) is 3.95. The van der Waals surface area contributed by atoms with Gasteiger partial charge in [-0.05, 0) is 20.8 Å². The molecule has 0 atom stereocenters. The molecule has 1 amide bonds. The van der Waals surface area contributed by atoms with Crippen molar-refractivity contribution in [3.05, 3.63) is 16.5 Å². The standard InChI is InChI=1S/C9H11Cl2N3O2/c1-9(2,3)16-8(15)14-7-5(10)6(11)12-4-13-7/h4H,1-3H3,(H,12,13,14,15). The Hall–Kier alpha value is -1.07. The van der Waals surface area contributed by atoms with E-state index in [1.807, 2.05) is 0 Å². The van der Waals surface area contributed by atoms with Crippen molar-refractivity contribution in [3.8, 4) is 0 Å². The molecule has 7 heteroatoms. The lowest BCUT2D eigenvalue weighted by Crippen LogP contribution is -2.27. The molecule has 0 fully saturated rings. The molecule has 0 saturated heterocycles. The fraction of sp³-hybridized carbons (Fsp3) is 0.444. The molecular formula is C9H11Cl2N3O2. The third-order valence-electron chi connectivity index (χ3n) is 1.37. The second-order valence-corrected chi connectivity index (χ2v) is 4.69. The van der Waals surface area contributed by atoms with Crippen LogP contribution in [-0.2, 0) is 4.74 Å². The Kier molecular flexibility index (Phi) is 3.93. The third-order valence-corrected chi connectivity index (χ3v) is 2.11. The first kappa shape index (κ1) is 13.0. The number of aromatic nitrogens is 2. The summed E-state index contributed by atoms with van der Waals surface area (Å²) in [5.74, 6) is 0.121. The molecule has 0 unspecified atom stereocenters. The van der Waals surface area contributed by atoms with Crippen LogP contribution in [0.4, 0.5) is 10.6 Å². The first-order chi connectivity index (χ1) is 7.29. The van der Waals surface area contributed by atoms with Crippen LogP contribution in [-0.4, -0.2) is 21.7 Å². The quantitative estimate of drug-likeness (QED) is 0.791. The minimum atomic E-state index is -0.649. The Bertz CT molecular complexity index is 404. The van der Waals surface area contributed by atoms with Gasteiger partial charge in [0.1, 0.15) is 17.0 Å². The van der Waals surface area contributed by atoms with Crippen LogP contribution < -0.4 is 5.32 Å². The molecule has 0 aromatic carbocycles. The van der Waals surface area contributed by atoms with Gasteiger partial charge >= 0.3 is 6.09 Å². The summed E-state index contributed by atoms with van der Waals surface area (Å²) >= 11 is 11.4. The van der Waals surface area contributed by atoms with Crippen LogP contribution in [0.2, 0.25) is 10.2 Å². The fourth-order valence-electron chi connectivity index (χ4n) is 0.836. The monoisotopic (exact) mass is 263 g/mol. The maximum Gasteiger partial charge on any atom is 0.413 e. The molecule has 0 aliphatic rings. The lowest BCUT2D eigenvalue weighted by atomic mass is 10.2. The van der Waals surface area contributed by atoms with E-state index in [0.29, 0.717) is 0 Å². The molecule has 0 spiro atoms. The van der Waals surface area contributed by atoms with Gasteiger partial charge in [-0.1, -0.05) is 23.2 Å². The Morgan fingerprint density at radius 3 is 2.56 bits per heavy atom. The summed E-state index contributed by atoms with van der Waals surface area (Å²) in [6.07, 6.45) is 0.546. The van der Waals surface area contributed by atoms with E-state index in [4.69, 9.17) is 27.9 Å². The van der Waals surface area contributed by atoms with E-state index in [0.717, 1.165) is 0 Å². The van der Waals surface area contributed by atoms with Crippen LogP contribution in [0.15, 0.2) is 6.33 Å². The van der Waals surface area contributed by atoms with Crippen LogP contribution >= 0.6 is 23.2 Å². The predicted molar refractivity (Wildman–Crippen MR) is 61.9 cm³/mol. The first-order valence-electron chi connectivity index (χ1n) is 4.45. The molecule has 0 aliphatic carbocycles. The number of nitrogens with one attached hydrogen (secondary N) is 1. The third kappa shape index (κ3) is 3.83. The van der Waals surface area contributed by atoms with Gasteiger partial charge in [0.15, 0.2) is 11.0 Å². The summed E-state index contributed by atoms with van der Waals surface area (Å²) in [6.45, 7) is 5.25. The highest BCUT2D eigenvalue weighted by atomic mass is 35.5. The van der Waals surface area contributed by atoms with Crippen molar-refractivity contribution in [1.82, 2.24) is 9.97 Å². The zero-order chi connectivity index (χ0) is 12.3. The van der Waals surface area contributed by atoms with Crippen molar-refractivity contribution in [2.75, 3.05) is 5.32 Å². The summed E-state index contributed by atoms with van der Waals surface area (Å²) in [5, 5.41) is 2.53. The van der Waals surface area contributed by atoms with Gasteiger partial charge in [-0.25, -0.2) is 14.8 Å². The molecule has 0 saturated carbocycles. The molecule has 16 heavy (non-hydrogen) atoms. The van der Waals surface area contributed by atoms with Crippen molar-refractivity contribution >= 4 is 35.1 Å². The number of carbonyl (C=O) groups is 1. The molecule has 1 aromatic heterocycles. The average Bonchev–Trinajstić information content (AvgIpc) is 2.09. The van der Waals surface area contributed by atoms with Gasteiger partial charge in [-0.3, -0.25) is 5.32 Å². The lowest BCUT2D eigenvalue weighted by molar-refractivity contribution is 0.0635. The van der Waals surface area contributed by atoms with E-state index in [-0.39, 0.29) is 16.0 Å². The largest absolute Gasteiger partial charge is 0.444 e. The van der Waals surface area contributed by atoms with E-state index >= 15 is 0 Å². The van der Waals surface area contributed by atoms with Crippen LogP contribution in [0.3, 0.4) is 0 Å². The maximum absolute atomic E-state index is 11.4. The first-order valence-corrected chi connectivity index (χ1v) is 5.21. The second kappa shape index (κ2) is 4.84. The van der Waals surface area contributed by atoms with Crippen LogP contribution in [0.25, 0.3) is 0 Å². The van der Waals surface area contributed by atoms with Gasteiger partial charge < -0.3 is 4.74 Å². The smallest absolute Gasteiger partial charge is 0.413 e. The zero-order valence-corrected chi connectivity index (χ0v) is 10.6. The van der Waals surface area contributed by atoms with E-state index in [1.54, 1.807) is 20.8 Å². The summed E-state index contributed by atoms with van der Waals surface area (Å²) in [7, 11) is 0. The summed E-state index contributed by atoms with van der Waals surface area (Å²) in [4.78, 5) is 18.8. The number of amides is 1. The van der Waals surface area contributed by atoms with Gasteiger partial charge in [-0.2, -0.15) is 0 Å². The molecule has 0 radical (unpaired) electrons. The Morgan fingerprint density at radius 2 is 2.00 bits per heavy atom. The molecule has 1 aromatic rings. The molecule has 1 heterocycles. The van der Waals surface area contributed by atoms with Crippen LogP contribution in [0.1, 0.15) is 20.8 Å². The fourth-order valence-corrected chi connectivity index (χ4v) is 1.11. The van der Waals surface area contributed by atoms with Gasteiger partial charge in [-0.15, -0.1) is 0 Å². The zero-order valence-electron chi connectivity index (χ0n) is 9.04. The minimum absolute atomic E-state index is 0.0720. The van der Waals surface area contributed by atoms with E-state index in [9.17, 15) is 4.79 Å². The number of hydrogen-bond acceptors (Lipinski definition) is 4. The topological polar surface area (TPSA) is 64.1 Å². The highest BCUT2D eigenvalue weighted by molar-refractivity contribution is 6.42. The predicted octanol–water partition coefficient (Wildman–Crippen LogP) is 3.13. The van der Waals surface area contributed by atoms with E-state index < -0.39 is 11.7 Å². The van der Waals surface area contributed by atoms with Crippen molar-refractivity contribution in [3.63, 3.8) is 0 Å². The number of anilines is 1. The van der Waals surface area contributed by atoms with Crippen LogP contribution in [0.5, 0.6) is 0 Å². The average molecular weight is 264 g/mol. The van der Waals surface area contributed by atoms with E-state index in [2.05, 4.69) is 15.3 Å². The molecule has 0 aliphatic heterocycles. The summed E-state index contributed by atoms with van der Waals surface area (Å²) < 4.78 is 5.02. The van der Waals surface area contributed by atoms with Gasteiger partial charge in [0.25, 0.3) is 0 Å². The Labute approximate surface area is 103 Å². The molecular weight excluding hydrogens is 253 g/mol. The lowest BCUT2D eigenvalue weighted by Gasteiger charge is -2.19. The number of ether oxygens (including phenoxy) is 1. The highest BCUT2D eigenvalue weighted by Crippen LogP contribution is 2.25. The number of rotatable bonds is 1. The number of carbonyl (C=O) groups excluding carboxylic acids is 1. The van der Waals surface area contributed by atoms with E-state index in [1.165, 1.54) is 6.33 Å². The Morgan fingerprint density at radius 1 is 1.38 bits per heavy atom. The van der Waals surface area contributed by atoms with Crippen molar-refractivity contribution in [2.24, 2.45) is 0 Å². The molecule has 88 valence electrons. The van der Waals surface area contributed by atoms with Crippen molar-refractivity contribution < 1.29 is 9.53 Å². The van der Waals surface area contributed by atoms with Crippen molar-refractivity contribution in [2.45, 2.75) is 26.4 Å². The minimum Gasteiger partial charge on any atom is -0.444 e. The maximum atomic E-state index is 11.4. The molecule has 0 bridgehead atoms. The number of halogens is 2. The SMILES string of the molecule is CC(C)(C)OC(=O)Nc1ncnc(Cl)c1Cl. The Balaban J connectivity index is 2.74. The van der Waals surface area contributed by atoms with Crippen LogP contribution in [0, 0.1) is 0 Å². The van der Waals surface area contributed by atoms with Gasteiger partial charge in [0.05, 0.1) is 0 Å². The van der Waals surface area contributed by atoms with Gasteiger partial charge in [0.2, 0.25) is 0 Å². The molecule has 5 nitrogen and oxygen atoms in total. The number of hydrogen-bond donors (Lipinski definition) is 1. The normalized spacial score (nSPS) is 11.1.